The van der Waals surface area contributed by atoms with Gasteiger partial charge in [-0.05, 0) is 31.5 Å². The van der Waals surface area contributed by atoms with Gasteiger partial charge in [0.25, 0.3) is 5.91 Å². The standard InChI is InChI=1S/C14H22N4O2/c1-10(15)7-8-16-13(19)11-5-4-6-12(9-11)17-14(20)18(2)3/h4-6,9-10H,7-8,15H2,1-3H3,(H,16,19)(H,17,20). The third-order valence-electron chi connectivity index (χ3n) is 2.67. The van der Waals surface area contributed by atoms with E-state index in [2.05, 4.69) is 10.6 Å². The van der Waals surface area contributed by atoms with E-state index in [0.29, 0.717) is 17.8 Å². The van der Waals surface area contributed by atoms with Crippen LogP contribution in [-0.2, 0) is 0 Å². The van der Waals surface area contributed by atoms with E-state index in [1.165, 1.54) is 4.90 Å². The molecule has 1 aromatic carbocycles. The van der Waals surface area contributed by atoms with Crippen LogP contribution in [0.1, 0.15) is 23.7 Å². The van der Waals surface area contributed by atoms with Gasteiger partial charge < -0.3 is 21.3 Å². The molecule has 3 amide bonds. The zero-order chi connectivity index (χ0) is 15.1. The molecule has 1 rings (SSSR count). The van der Waals surface area contributed by atoms with E-state index in [1.54, 1.807) is 38.4 Å². The van der Waals surface area contributed by atoms with E-state index >= 15 is 0 Å². The van der Waals surface area contributed by atoms with Crippen LogP contribution in [0.15, 0.2) is 24.3 Å². The lowest BCUT2D eigenvalue weighted by atomic mass is 10.2. The van der Waals surface area contributed by atoms with Crippen molar-refractivity contribution in [1.29, 1.82) is 0 Å². The maximum atomic E-state index is 11.9. The van der Waals surface area contributed by atoms with Gasteiger partial charge >= 0.3 is 6.03 Å². The zero-order valence-electron chi connectivity index (χ0n) is 12.1. The first-order valence-corrected chi connectivity index (χ1v) is 6.52. The van der Waals surface area contributed by atoms with Crippen molar-refractivity contribution in [3.63, 3.8) is 0 Å². The van der Waals surface area contributed by atoms with Gasteiger partial charge in [-0.25, -0.2) is 4.79 Å². The topological polar surface area (TPSA) is 87.5 Å². The van der Waals surface area contributed by atoms with Gasteiger partial charge in [0, 0.05) is 37.9 Å². The van der Waals surface area contributed by atoms with Gasteiger partial charge in [-0.2, -0.15) is 0 Å². The van der Waals surface area contributed by atoms with Crippen LogP contribution in [0.2, 0.25) is 0 Å². The van der Waals surface area contributed by atoms with Gasteiger partial charge in [-0.15, -0.1) is 0 Å². The van der Waals surface area contributed by atoms with Crippen molar-refractivity contribution in [3.8, 4) is 0 Å². The van der Waals surface area contributed by atoms with Crippen molar-refractivity contribution < 1.29 is 9.59 Å². The number of nitrogens with one attached hydrogen (secondary N) is 2. The summed E-state index contributed by atoms with van der Waals surface area (Å²) in [6, 6.07) is 6.63. The number of urea groups is 1. The highest BCUT2D eigenvalue weighted by atomic mass is 16.2. The molecule has 0 bridgehead atoms. The van der Waals surface area contributed by atoms with Gasteiger partial charge in [0.2, 0.25) is 0 Å². The third kappa shape index (κ3) is 5.27. The Kier molecular flexibility index (Phi) is 5.99. The number of benzene rings is 1. The Balaban J connectivity index is 2.63. The molecule has 20 heavy (non-hydrogen) atoms. The molecule has 0 heterocycles. The fraction of sp³-hybridized carbons (Fsp3) is 0.429. The number of amides is 3. The van der Waals surface area contributed by atoms with Crippen LogP contribution >= 0.6 is 0 Å². The van der Waals surface area contributed by atoms with E-state index < -0.39 is 0 Å². The summed E-state index contributed by atoms with van der Waals surface area (Å²) in [5.41, 5.74) is 6.71. The Hall–Kier alpha value is -2.08. The molecular weight excluding hydrogens is 256 g/mol. The predicted molar refractivity (Wildman–Crippen MR) is 79.7 cm³/mol. The quantitative estimate of drug-likeness (QED) is 0.757. The van der Waals surface area contributed by atoms with Gasteiger partial charge in [-0.3, -0.25) is 4.79 Å². The minimum absolute atomic E-state index is 0.0565. The van der Waals surface area contributed by atoms with Crippen molar-refractivity contribution >= 4 is 17.6 Å². The molecule has 0 spiro atoms. The fourth-order valence-corrected chi connectivity index (χ4v) is 1.49. The van der Waals surface area contributed by atoms with Crippen molar-refractivity contribution in [2.24, 2.45) is 5.73 Å². The lowest BCUT2D eigenvalue weighted by Gasteiger charge is -2.13. The highest BCUT2D eigenvalue weighted by Crippen LogP contribution is 2.11. The van der Waals surface area contributed by atoms with Crippen LogP contribution in [0.3, 0.4) is 0 Å². The summed E-state index contributed by atoms with van der Waals surface area (Å²) in [6.45, 7) is 2.42. The number of hydrogen-bond acceptors (Lipinski definition) is 3. The first-order chi connectivity index (χ1) is 9.40. The molecule has 0 aromatic heterocycles. The number of hydrogen-bond donors (Lipinski definition) is 3. The Labute approximate surface area is 119 Å². The molecule has 110 valence electrons. The van der Waals surface area contributed by atoms with Crippen LogP contribution in [0.4, 0.5) is 10.5 Å². The lowest BCUT2D eigenvalue weighted by Crippen LogP contribution is -2.29. The lowest BCUT2D eigenvalue weighted by molar-refractivity contribution is 0.0953. The van der Waals surface area contributed by atoms with E-state index in [4.69, 9.17) is 5.73 Å². The Morgan fingerprint density at radius 3 is 2.65 bits per heavy atom. The monoisotopic (exact) mass is 278 g/mol. The second kappa shape index (κ2) is 7.49. The molecule has 4 N–H and O–H groups in total. The zero-order valence-corrected chi connectivity index (χ0v) is 12.1. The van der Waals surface area contributed by atoms with Crippen LogP contribution in [-0.4, -0.2) is 43.5 Å². The van der Waals surface area contributed by atoms with Crippen LogP contribution in [0.25, 0.3) is 0 Å². The number of nitrogens with zero attached hydrogens (tertiary/aromatic N) is 1. The summed E-state index contributed by atoms with van der Waals surface area (Å²) in [4.78, 5) is 24.9. The molecule has 0 aliphatic carbocycles. The first kappa shape index (κ1) is 16.0. The predicted octanol–water partition coefficient (Wildman–Crippen LogP) is 1.25. The summed E-state index contributed by atoms with van der Waals surface area (Å²) < 4.78 is 0. The summed E-state index contributed by atoms with van der Waals surface area (Å²) in [7, 11) is 3.31. The smallest absolute Gasteiger partial charge is 0.321 e. The molecule has 0 radical (unpaired) electrons. The largest absolute Gasteiger partial charge is 0.352 e. The second-order valence-electron chi connectivity index (χ2n) is 4.93. The second-order valence-corrected chi connectivity index (χ2v) is 4.93. The summed E-state index contributed by atoms with van der Waals surface area (Å²) in [6.07, 6.45) is 0.725. The molecule has 6 heteroatoms. The number of rotatable bonds is 5. The third-order valence-corrected chi connectivity index (χ3v) is 2.67. The maximum Gasteiger partial charge on any atom is 0.321 e. The SMILES string of the molecule is CC(N)CCNC(=O)c1cccc(NC(=O)N(C)C)c1. The molecule has 1 aromatic rings. The summed E-state index contributed by atoms with van der Waals surface area (Å²) >= 11 is 0. The van der Waals surface area contributed by atoms with E-state index in [9.17, 15) is 9.59 Å². The van der Waals surface area contributed by atoms with Gasteiger partial charge in [-0.1, -0.05) is 6.07 Å². The number of nitrogens with two attached hydrogens (primary N) is 1. The average Bonchev–Trinajstić information content (AvgIpc) is 2.38. The van der Waals surface area contributed by atoms with E-state index in [1.807, 2.05) is 6.92 Å². The van der Waals surface area contributed by atoms with Crippen LogP contribution in [0.5, 0.6) is 0 Å². The highest BCUT2D eigenvalue weighted by Gasteiger charge is 2.08. The molecule has 6 nitrogen and oxygen atoms in total. The molecule has 0 fully saturated rings. The molecule has 1 atom stereocenters. The highest BCUT2D eigenvalue weighted by molar-refractivity contribution is 5.96. The van der Waals surface area contributed by atoms with Crippen LogP contribution < -0.4 is 16.4 Å². The summed E-state index contributed by atoms with van der Waals surface area (Å²) in [5, 5.41) is 5.49. The molecule has 0 aliphatic rings. The molecule has 0 saturated carbocycles. The number of carbonyl (C=O) groups is 2. The van der Waals surface area contributed by atoms with Crippen molar-refractivity contribution in [3.05, 3.63) is 29.8 Å². The van der Waals surface area contributed by atoms with Gasteiger partial charge in [0.1, 0.15) is 0 Å². The molecule has 0 saturated heterocycles. The van der Waals surface area contributed by atoms with Crippen molar-refractivity contribution in [2.75, 3.05) is 26.0 Å². The van der Waals surface area contributed by atoms with Gasteiger partial charge in [0.15, 0.2) is 0 Å². The van der Waals surface area contributed by atoms with Crippen molar-refractivity contribution in [2.45, 2.75) is 19.4 Å². The fourth-order valence-electron chi connectivity index (χ4n) is 1.49. The summed E-state index contributed by atoms with van der Waals surface area (Å²) in [5.74, 6) is -0.174. The van der Waals surface area contributed by atoms with Gasteiger partial charge in [0.05, 0.1) is 0 Å². The van der Waals surface area contributed by atoms with E-state index in [0.717, 1.165) is 6.42 Å². The maximum absolute atomic E-state index is 11.9. The number of anilines is 1. The van der Waals surface area contributed by atoms with Crippen molar-refractivity contribution in [1.82, 2.24) is 10.2 Å². The van der Waals surface area contributed by atoms with E-state index in [-0.39, 0.29) is 18.0 Å². The minimum Gasteiger partial charge on any atom is -0.352 e. The average molecular weight is 278 g/mol. The Bertz CT molecular complexity index is 472. The normalized spacial score (nSPS) is 11.6. The number of carbonyl (C=O) groups excluding carboxylic acids is 2. The molecule has 1 unspecified atom stereocenters. The Morgan fingerprint density at radius 1 is 1.35 bits per heavy atom. The first-order valence-electron chi connectivity index (χ1n) is 6.52. The Morgan fingerprint density at radius 2 is 2.05 bits per heavy atom. The van der Waals surface area contributed by atoms with Crippen LogP contribution in [0, 0.1) is 0 Å². The minimum atomic E-state index is -0.237. The molecular formula is C14H22N4O2. The molecule has 0 aliphatic heterocycles.